The molecule has 17 heavy (non-hydrogen) atoms. The number of hydrogen-bond donors (Lipinski definition) is 1. The van der Waals surface area contributed by atoms with Crippen molar-refractivity contribution in [3.05, 3.63) is 23.3 Å². The molecule has 0 aliphatic carbocycles. The summed E-state index contributed by atoms with van der Waals surface area (Å²) in [6, 6.07) is 0. The SMILES string of the molecule is CC(C)=CCCC(C)=CCC[C@H](C)CC(=O)O. The lowest BCUT2D eigenvalue weighted by molar-refractivity contribution is -0.138. The van der Waals surface area contributed by atoms with Gasteiger partial charge in [0.05, 0.1) is 0 Å². The van der Waals surface area contributed by atoms with Crippen molar-refractivity contribution < 1.29 is 9.90 Å². The molecule has 0 bridgehead atoms. The number of carboxylic acids is 1. The van der Waals surface area contributed by atoms with Crippen LogP contribution in [0.25, 0.3) is 0 Å². The summed E-state index contributed by atoms with van der Waals surface area (Å²) in [6.07, 6.45) is 8.96. The fourth-order valence-electron chi connectivity index (χ4n) is 1.70. The van der Waals surface area contributed by atoms with Gasteiger partial charge in [-0.15, -0.1) is 0 Å². The lowest BCUT2D eigenvalue weighted by atomic mass is 10.0. The van der Waals surface area contributed by atoms with E-state index in [1.807, 2.05) is 6.92 Å². The van der Waals surface area contributed by atoms with Crippen molar-refractivity contribution in [2.45, 2.75) is 59.8 Å². The maximum Gasteiger partial charge on any atom is 0.303 e. The van der Waals surface area contributed by atoms with E-state index < -0.39 is 5.97 Å². The van der Waals surface area contributed by atoms with Gasteiger partial charge in [-0.1, -0.05) is 30.2 Å². The van der Waals surface area contributed by atoms with Crippen molar-refractivity contribution in [1.29, 1.82) is 0 Å². The standard InChI is InChI=1S/C15H26O2/c1-12(2)7-5-8-13(3)9-6-10-14(4)11-15(16)17/h7,9,14H,5-6,8,10-11H2,1-4H3,(H,16,17)/t14-/m0/s1. The first-order chi connectivity index (χ1) is 7.91. The maximum absolute atomic E-state index is 10.5. The van der Waals surface area contributed by atoms with Gasteiger partial charge in [0.2, 0.25) is 0 Å². The highest BCUT2D eigenvalue weighted by atomic mass is 16.4. The number of carboxylic acid groups (broad SMARTS) is 1. The topological polar surface area (TPSA) is 37.3 Å². The van der Waals surface area contributed by atoms with Crippen LogP contribution < -0.4 is 0 Å². The van der Waals surface area contributed by atoms with Gasteiger partial charge >= 0.3 is 5.97 Å². The normalized spacial score (nSPS) is 13.3. The predicted molar refractivity (Wildman–Crippen MR) is 73.1 cm³/mol. The average Bonchev–Trinajstić information content (AvgIpc) is 2.15. The van der Waals surface area contributed by atoms with Crippen LogP contribution in [0.3, 0.4) is 0 Å². The molecule has 0 aromatic carbocycles. The Hall–Kier alpha value is -1.05. The minimum atomic E-state index is -0.693. The second-order valence-electron chi connectivity index (χ2n) is 5.15. The van der Waals surface area contributed by atoms with Crippen LogP contribution in [0.1, 0.15) is 59.8 Å². The third kappa shape index (κ3) is 11.2. The van der Waals surface area contributed by atoms with Gasteiger partial charge in [-0.3, -0.25) is 4.79 Å². The molecule has 0 radical (unpaired) electrons. The molecule has 0 saturated heterocycles. The molecule has 0 spiro atoms. The fraction of sp³-hybridized carbons (Fsp3) is 0.667. The molecule has 0 unspecified atom stereocenters. The van der Waals surface area contributed by atoms with E-state index in [9.17, 15) is 4.79 Å². The van der Waals surface area contributed by atoms with E-state index in [0.29, 0.717) is 0 Å². The Kier molecular flexibility index (Phi) is 8.47. The van der Waals surface area contributed by atoms with E-state index in [1.165, 1.54) is 11.1 Å². The highest BCUT2D eigenvalue weighted by Crippen LogP contribution is 2.13. The smallest absolute Gasteiger partial charge is 0.303 e. The van der Waals surface area contributed by atoms with Gasteiger partial charge in [0.1, 0.15) is 0 Å². The molecule has 0 fully saturated rings. The Bertz CT molecular complexity index is 283. The molecule has 0 aliphatic heterocycles. The Morgan fingerprint density at radius 3 is 2.35 bits per heavy atom. The number of carbonyl (C=O) groups is 1. The summed E-state index contributed by atoms with van der Waals surface area (Å²) in [5, 5.41) is 8.64. The van der Waals surface area contributed by atoms with Crippen LogP contribution >= 0.6 is 0 Å². The first kappa shape index (κ1) is 16.0. The van der Waals surface area contributed by atoms with Crippen LogP contribution in [0.2, 0.25) is 0 Å². The van der Waals surface area contributed by atoms with Crippen molar-refractivity contribution in [2.75, 3.05) is 0 Å². The van der Waals surface area contributed by atoms with Crippen molar-refractivity contribution in [1.82, 2.24) is 0 Å². The molecule has 2 nitrogen and oxygen atoms in total. The fourth-order valence-corrected chi connectivity index (χ4v) is 1.70. The summed E-state index contributed by atoms with van der Waals surface area (Å²) in [5.74, 6) is -0.420. The molecule has 1 N–H and O–H groups in total. The molecule has 0 aliphatic rings. The molecule has 2 heteroatoms. The number of rotatable bonds is 8. The second kappa shape index (κ2) is 9.03. The summed E-state index contributed by atoms with van der Waals surface area (Å²) >= 11 is 0. The van der Waals surface area contributed by atoms with Crippen molar-refractivity contribution >= 4 is 5.97 Å². The lowest BCUT2D eigenvalue weighted by Crippen LogP contribution is -2.03. The third-order valence-corrected chi connectivity index (χ3v) is 2.77. The molecule has 0 aromatic rings. The van der Waals surface area contributed by atoms with Gasteiger partial charge in [0, 0.05) is 6.42 Å². The van der Waals surface area contributed by atoms with Crippen molar-refractivity contribution in [3.8, 4) is 0 Å². The zero-order valence-corrected chi connectivity index (χ0v) is 11.6. The van der Waals surface area contributed by atoms with Gasteiger partial charge in [-0.05, 0) is 52.4 Å². The minimum Gasteiger partial charge on any atom is -0.481 e. The average molecular weight is 238 g/mol. The molecule has 1 atom stereocenters. The van der Waals surface area contributed by atoms with Gasteiger partial charge in [-0.25, -0.2) is 0 Å². The van der Waals surface area contributed by atoms with Crippen LogP contribution in [-0.2, 0) is 4.79 Å². The number of allylic oxidation sites excluding steroid dienone is 4. The van der Waals surface area contributed by atoms with Gasteiger partial charge < -0.3 is 5.11 Å². The van der Waals surface area contributed by atoms with Gasteiger partial charge in [-0.2, -0.15) is 0 Å². The number of aliphatic carboxylic acids is 1. The second-order valence-corrected chi connectivity index (χ2v) is 5.15. The summed E-state index contributed by atoms with van der Waals surface area (Å²) in [7, 11) is 0. The van der Waals surface area contributed by atoms with Crippen molar-refractivity contribution in [3.63, 3.8) is 0 Å². The summed E-state index contributed by atoms with van der Waals surface area (Å²) in [6.45, 7) is 8.39. The van der Waals surface area contributed by atoms with Gasteiger partial charge in [0.15, 0.2) is 0 Å². The van der Waals surface area contributed by atoms with E-state index in [-0.39, 0.29) is 12.3 Å². The van der Waals surface area contributed by atoms with Crippen LogP contribution in [0.4, 0.5) is 0 Å². The largest absolute Gasteiger partial charge is 0.481 e. The first-order valence-electron chi connectivity index (χ1n) is 6.42. The molecular formula is C15H26O2. The molecule has 0 saturated carbocycles. The Morgan fingerprint density at radius 2 is 1.82 bits per heavy atom. The summed E-state index contributed by atoms with van der Waals surface area (Å²) in [4.78, 5) is 10.5. The molecular weight excluding hydrogens is 212 g/mol. The zero-order chi connectivity index (χ0) is 13.3. The minimum absolute atomic E-state index is 0.273. The summed E-state index contributed by atoms with van der Waals surface area (Å²) in [5.41, 5.74) is 2.78. The van der Waals surface area contributed by atoms with Crippen LogP contribution in [0, 0.1) is 5.92 Å². The predicted octanol–water partition coefficient (Wildman–Crippen LogP) is 4.57. The Labute approximate surface area is 105 Å². The van der Waals surface area contributed by atoms with E-state index in [1.54, 1.807) is 0 Å². The zero-order valence-electron chi connectivity index (χ0n) is 11.6. The lowest BCUT2D eigenvalue weighted by Gasteiger charge is -2.06. The van der Waals surface area contributed by atoms with E-state index in [2.05, 4.69) is 32.9 Å². The van der Waals surface area contributed by atoms with Crippen molar-refractivity contribution in [2.24, 2.45) is 5.92 Å². The van der Waals surface area contributed by atoms with Gasteiger partial charge in [0.25, 0.3) is 0 Å². The highest BCUT2D eigenvalue weighted by molar-refractivity contribution is 5.66. The molecule has 0 amide bonds. The highest BCUT2D eigenvalue weighted by Gasteiger charge is 2.05. The maximum atomic E-state index is 10.5. The van der Waals surface area contributed by atoms with E-state index in [0.717, 1.165) is 25.7 Å². The van der Waals surface area contributed by atoms with Crippen LogP contribution in [0.15, 0.2) is 23.3 Å². The van der Waals surface area contributed by atoms with E-state index in [4.69, 9.17) is 5.11 Å². The van der Waals surface area contributed by atoms with Crippen LogP contribution in [0.5, 0.6) is 0 Å². The summed E-state index contributed by atoms with van der Waals surface area (Å²) < 4.78 is 0. The molecule has 0 heterocycles. The Morgan fingerprint density at radius 1 is 1.18 bits per heavy atom. The molecule has 0 aromatic heterocycles. The molecule has 98 valence electrons. The Balaban J connectivity index is 3.76. The number of hydrogen-bond acceptors (Lipinski definition) is 1. The van der Waals surface area contributed by atoms with E-state index >= 15 is 0 Å². The first-order valence-corrected chi connectivity index (χ1v) is 6.42. The monoisotopic (exact) mass is 238 g/mol. The molecule has 0 rings (SSSR count). The quantitative estimate of drug-likeness (QED) is 0.629. The third-order valence-electron chi connectivity index (χ3n) is 2.77. The van der Waals surface area contributed by atoms with Crippen LogP contribution in [-0.4, -0.2) is 11.1 Å².